The van der Waals surface area contributed by atoms with Crippen LogP contribution in [-0.4, -0.2) is 42.0 Å². The molecule has 0 N–H and O–H groups in total. The molecule has 2 fully saturated rings. The third kappa shape index (κ3) is 2.93. The Labute approximate surface area is 111 Å². The quantitative estimate of drug-likeness (QED) is 0.803. The summed E-state index contributed by atoms with van der Waals surface area (Å²) in [5.41, 5.74) is 1.46. The van der Waals surface area contributed by atoms with E-state index in [9.17, 15) is 0 Å². The summed E-state index contributed by atoms with van der Waals surface area (Å²) in [6.07, 6.45) is 5.59. The van der Waals surface area contributed by atoms with E-state index in [-0.39, 0.29) is 0 Å². The van der Waals surface area contributed by atoms with E-state index in [1.165, 1.54) is 57.4 Å². The van der Waals surface area contributed by atoms with Crippen LogP contribution < -0.4 is 0 Å². The number of benzene rings is 1. The van der Waals surface area contributed by atoms with Gasteiger partial charge in [0.2, 0.25) is 0 Å². The topological polar surface area (TPSA) is 6.48 Å². The monoisotopic (exact) mass is 244 g/mol. The van der Waals surface area contributed by atoms with Gasteiger partial charge in [-0.2, -0.15) is 0 Å². The summed E-state index contributed by atoms with van der Waals surface area (Å²) in [7, 11) is 0. The van der Waals surface area contributed by atoms with Crippen LogP contribution in [-0.2, 0) is 6.54 Å². The number of hydrogen-bond donors (Lipinski definition) is 0. The smallest absolute Gasteiger partial charge is 0.0237 e. The minimum absolute atomic E-state index is 0.795. The molecule has 2 aliphatic heterocycles. The molecule has 0 amide bonds. The van der Waals surface area contributed by atoms with Crippen molar-refractivity contribution in [3.05, 3.63) is 35.9 Å². The first kappa shape index (κ1) is 12.2. The lowest BCUT2D eigenvalue weighted by Gasteiger charge is -2.28. The van der Waals surface area contributed by atoms with Crippen molar-refractivity contribution in [2.45, 2.75) is 38.3 Å². The van der Waals surface area contributed by atoms with Crippen molar-refractivity contribution in [1.29, 1.82) is 0 Å². The summed E-state index contributed by atoms with van der Waals surface area (Å²) < 4.78 is 0. The highest BCUT2D eigenvalue weighted by atomic mass is 15.2. The summed E-state index contributed by atoms with van der Waals surface area (Å²) in [5.74, 6) is 0. The van der Waals surface area contributed by atoms with E-state index in [1.807, 2.05) is 0 Å². The Morgan fingerprint density at radius 3 is 2.50 bits per heavy atom. The molecule has 1 aromatic rings. The van der Waals surface area contributed by atoms with Gasteiger partial charge in [0, 0.05) is 19.1 Å². The lowest BCUT2D eigenvalue weighted by atomic mass is 10.1. The van der Waals surface area contributed by atoms with Crippen LogP contribution in [0.5, 0.6) is 0 Å². The lowest BCUT2D eigenvalue weighted by molar-refractivity contribution is 0.185. The molecule has 2 heterocycles. The average molecular weight is 244 g/mol. The molecule has 18 heavy (non-hydrogen) atoms. The van der Waals surface area contributed by atoms with Crippen molar-refractivity contribution in [2.24, 2.45) is 0 Å². The van der Waals surface area contributed by atoms with Crippen molar-refractivity contribution in [3.8, 4) is 0 Å². The summed E-state index contributed by atoms with van der Waals surface area (Å²) in [4.78, 5) is 5.35. The Morgan fingerprint density at radius 2 is 1.72 bits per heavy atom. The van der Waals surface area contributed by atoms with E-state index in [0.29, 0.717) is 0 Å². The molecule has 0 aliphatic carbocycles. The molecular formula is C16H24N2. The number of likely N-dealkylation sites (tertiary alicyclic amines) is 2. The highest BCUT2D eigenvalue weighted by Crippen LogP contribution is 2.22. The fourth-order valence-corrected chi connectivity index (χ4v) is 3.39. The first-order valence-electron chi connectivity index (χ1n) is 7.42. The molecule has 2 aliphatic rings. The standard InChI is InChI=1S/C16H24N2/c1-2-7-15(8-3-1)13-18-12-6-9-16(18)14-17-10-4-5-11-17/h1-3,7-8,16H,4-6,9-14H2/t16-/m0/s1. The second-order valence-electron chi connectivity index (χ2n) is 5.76. The molecule has 0 unspecified atom stereocenters. The van der Waals surface area contributed by atoms with Crippen molar-refractivity contribution < 1.29 is 0 Å². The molecule has 0 bridgehead atoms. The van der Waals surface area contributed by atoms with Gasteiger partial charge < -0.3 is 4.90 Å². The second-order valence-corrected chi connectivity index (χ2v) is 5.76. The lowest BCUT2D eigenvalue weighted by Crippen LogP contribution is -2.38. The fourth-order valence-electron chi connectivity index (χ4n) is 3.39. The Bertz CT molecular complexity index is 357. The number of hydrogen-bond acceptors (Lipinski definition) is 2. The Hall–Kier alpha value is -0.860. The Balaban J connectivity index is 1.57. The number of nitrogens with zero attached hydrogens (tertiary/aromatic N) is 2. The SMILES string of the molecule is c1ccc(CN2CCC[C@H]2CN2CCCC2)cc1. The summed E-state index contributed by atoms with van der Waals surface area (Å²) >= 11 is 0. The molecule has 3 rings (SSSR count). The molecule has 2 saturated heterocycles. The van der Waals surface area contributed by atoms with E-state index < -0.39 is 0 Å². The van der Waals surface area contributed by atoms with Gasteiger partial charge >= 0.3 is 0 Å². The maximum Gasteiger partial charge on any atom is 0.0237 e. The largest absolute Gasteiger partial charge is 0.302 e. The molecule has 0 saturated carbocycles. The van der Waals surface area contributed by atoms with Crippen molar-refractivity contribution in [2.75, 3.05) is 26.2 Å². The van der Waals surface area contributed by atoms with Crippen LogP contribution in [0.15, 0.2) is 30.3 Å². The van der Waals surface area contributed by atoms with Crippen LogP contribution in [0, 0.1) is 0 Å². The van der Waals surface area contributed by atoms with Crippen LogP contribution in [0.4, 0.5) is 0 Å². The Morgan fingerprint density at radius 1 is 0.944 bits per heavy atom. The van der Waals surface area contributed by atoms with Gasteiger partial charge in [-0.15, -0.1) is 0 Å². The van der Waals surface area contributed by atoms with Crippen LogP contribution in [0.2, 0.25) is 0 Å². The molecule has 0 radical (unpaired) electrons. The zero-order chi connectivity index (χ0) is 12.2. The third-order valence-corrected chi connectivity index (χ3v) is 4.40. The zero-order valence-corrected chi connectivity index (χ0v) is 11.2. The van der Waals surface area contributed by atoms with Gasteiger partial charge in [0.15, 0.2) is 0 Å². The first-order chi connectivity index (χ1) is 8.92. The molecule has 1 atom stereocenters. The van der Waals surface area contributed by atoms with Gasteiger partial charge in [0.25, 0.3) is 0 Å². The van der Waals surface area contributed by atoms with Gasteiger partial charge in [-0.25, -0.2) is 0 Å². The zero-order valence-electron chi connectivity index (χ0n) is 11.2. The molecule has 0 aromatic heterocycles. The van der Waals surface area contributed by atoms with Gasteiger partial charge in [-0.05, 0) is 50.9 Å². The van der Waals surface area contributed by atoms with Crippen LogP contribution in [0.1, 0.15) is 31.2 Å². The van der Waals surface area contributed by atoms with Crippen LogP contribution >= 0.6 is 0 Å². The average Bonchev–Trinajstić information content (AvgIpc) is 3.04. The van der Waals surface area contributed by atoms with Gasteiger partial charge in [0.05, 0.1) is 0 Å². The highest BCUT2D eigenvalue weighted by molar-refractivity contribution is 5.14. The minimum Gasteiger partial charge on any atom is -0.302 e. The maximum atomic E-state index is 2.69. The normalized spacial score (nSPS) is 25.9. The summed E-state index contributed by atoms with van der Waals surface area (Å²) in [6.45, 7) is 6.38. The van der Waals surface area contributed by atoms with E-state index in [4.69, 9.17) is 0 Å². The van der Waals surface area contributed by atoms with Gasteiger partial charge in [0.1, 0.15) is 0 Å². The second kappa shape index (κ2) is 5.85. The highest BCUT2D eigenvalue weighted by Gasteiger charge is 2.27. The Kier molecular flexibility index (Phi) is 3.96. The molecule has 0 spiro atoms. The molecule has 2 heteroatoms. The fraction of sp³-hybridized carbons (Fsp3) is 0.625. The molecule has 98 valence electrons. The summed E-state index contributed by atoms with van der Waals surface area (Å²) in [6, 6.07) is 11.7. The minimum atomic E-state index is 0.795. The molecule has 1 aromatic carbocycles. The first-order valence-corrected chi connectivity index (χ1v) is 7.42. The molecule has 2 nitrogen and oxygen atoms in total. The van der Waals surface area contributed by atoms with Crippen molar-refractivity contribution in [3.63, 3.8) is 0 Å². The van der Waals surface area contributed by atoms with E-state index in [0.717, 1.165) is 12.6 Å². The van der Waals surface area contributed by atoms with Crippen LogP contribution in [0.25, 0.3) is 0 Å². The van der Waals surface area contributed by atoms with E-state index in [1.54, 1.807) is 0 Å². The van der Waals surface area contributed by atoms with E-state index >= 15 is 0 Å². The maximum absolute atomic E-state index is 2.69. The third-order valence-electron chi connectivity index (χ3n) is 4.40. The number of rotatable bonds is 4. The van der Waals surface area contributed by atoms with Crippen molar-refractivity contribution >= 4 is 0 Å². The summed E-state index contributed by atoms with van der Waals surface area (Å²) in [5, 5.41) is 0. The van der Waals surface area contributed by atoms with Crippen LogP contribution in [0.3, 0.4) is 0 Å². The van der Waals surface area contributed by atoms with Gasteiger partial charge in [-0.3, -0.25) is 4.90 Å². The predicted octanol–water partition coefficient (Wildman–Crippen LogP) is 2.75. The molecular weight excluding hydrogens is 220 g/mol. The predicted molar refractivity (Wildman–Crippen MR) is 75.5 cm³/mol. The van der Waals surface area contributed by atoms with Crippen molar-refractivity contribution in [1.82, 2.24) is 9.80 Å². The van der Waals surface area contributed by atoms with Gasteiger partial charge in [-0.1, -0.05) is 30.3 Å². The van der Waals surface area contributed by atoms with E-state index in [2.05, 4.69) is 40.1 Å².